The van der Waals surface area contributed by atoms with E-state index in [9.17, 15) is 22.8 Å². The largest absolute Gasteiger partial charge is 0.493 e. The SMILES string of the molecule is O=C(O)[C@H]1CCN(CCCOc2cc(C(F)(F)F)ccc2-c2cc(=O)c3cccc(Cl)c3o2)C1. The van der Waals surface area contributed by atoms with Crippen LogP contribution in [0, 0.1) is 5.92 Å². The average Bonchev–Trinajstić information content (AvgIpc) is 3.26. The van der Waals surface area contributed by atoms with E-state index in [1.54, 1.807) is 18.2 Å². The number of likely N-dealkylation sites (tertiary alicyclic amines) is 1. The molecule has 0 bridgehead atoms. The first-order valence-electron chi connectivity index (χ1n) is 10.7. The molecule has 4 rings (SSSR count). The molecule has 1 fully saturated rings. The Labute approximate surface area is 197 Å². The zero-order chi connectivity index (χ0) is 24.5. The van der Waals surface area contributed by atoms with Gasteiger partial charge in [-0.05, 0) is 49.7 Å². The first kappa shape index (κ1) is 24.1. The molecule has 2 aromatic carbocycles. The summed E-state index contributed by atoms with van der Waals surface area (Å²) in [7, 11) is 0. The normalized spacial score (nSPS) is 16.8. The highest BCUT2D eigenvalue weighted by Crippen LogP contribution is 2.38. The van der Waals surface area contributed by atoms with Crippen LogP contribution < -0.4 is 10.2 Å². The molecule has 6 nitrogen and oxygen atoms in total. The van der Waals surface area contributed by atoms with E-state index in [4.69, 9.17) is 25.9 Å². The highest BCUT2D eigenvalue weighted by molar-refractivity contribution is 6.34. The van der Waals surface area contributed by atoms with Gasteiger partial charge in [-0.3, -0.25) is 9.59 Å². The molecule has 180 valence electrons. The summed E-state index contributed by atoms with van der Waals surface area (Å²) in [5.41, 5.74) is -0.943. The van der Waals surface area contributed by atoms with Crippen LogP contribution >= 0.6 is 11.6 Å². The lowest BCUT2D eigenvalue weighted by molar-refractivity contribution is -0.141. The predicted molar refractivity (Wildman–Crippen MR) is 120 cm³/mol. The van der Waals surface area contributed by atoms with E-state index in [-0.39, 0.29) is 45.1 Å². The van der Waals surface area contributed by atoms with Crippen molar-refractivity contribution in [3.05, 3.63) is 63.3 Å². The number of rotatable bonds is 7. The second kappa shape index (κ2) is 9.68. The number of aliphatic carboxylic acids is 1. The first-order valence-corrected chi connectivity index (χ1v) is 11.0. The van der Waals surface area contributed by atoms with Gasteiger partial charge in [-0.2, -0.15) is 13.2 Å². The van der Waals surface area contributed by atoms with E-state index in [2.05, 4.69) is 0 Å². The van der Waals surface area contributed by atoms with Crippen molar-refractivity contribution in [2.75, 3.05) is 26.2 Å². The predicted octanol–water partition coefficient (Wildman–Crippen LogP) is 5.31. The van der Waals surface area contributed by atoms with Gasteiger partial charge in [0.25, 0.3) is 0 Å². The summed E-state index contributed by atoms with van der Waals surface area (Å²) in [5.74, 6) is -1.27. The van der Waals surface area contributed by atoms with Crippen molar-refractivity contribution in [3.63, 3.8) is 0 Å². The Morgan fingerprint density at radius 2 is 2.03 bits per heavy atom. The molecule has 0 aliphatic carbocycles. The van der Waals surface area contributed by atoms with E-state index in [1.807, 2.05) is 4.90 Å². The molecule has 1 saturated heterocycles. The van der Waals surface area contributed by atoms with Gasteiger partial charge < -0.3 is 19.2 Å². The number of para-hydroxylation sites is 1. The average molecular weight is 496 g/mol. The van der Waals surface area contributed by atoms with E-state index in [1.165, 1.54) is 12.1 Å². The second-order valence-electron chi connectivity index (χ2n) is 8.13. The Kier molecular flexibility index (Phi) is 6.86. The monoisotopic (exact) mass is 495 g/mol. The molecule has 2 heterocycles. The molecule has 0 amide bonds. The molecule has 10 heteroatoms. The second-order valence-corrected chi connectivity index (χ2v) is 8.53. The van der Waals surface area contributed by atoms with Gasteiger partial charge in [0, 0.05) is 19.2 Å². The zero-order valence-electron chi connectivity index (χ0n) is 17.9. The number of nitrogens with zero attached hydrogens (tertiary/aromatic N) is 1. The van der Waals surface area contributed by atoms with Crippen LogP contribution in [-0.2, 0) is 11.0 Å². The fourth-order valence-corrected chi connectivity index (χ4v) is 4.22. The number of fused-ring (bicyclic) bond motifs is 1. The van der Waals surface area contributed by atoms with E-state index < -0.39 is 23.6 Å². The number of benzene rings is 2. The van der Waals surface area contributed by atoms with Crippen LogP contribution in [0.2, 0.25) is 5.02 Å². The summed E-state index contributed by atoms with van der Waals surface area (Å²) in [4.78, 5) is 25.6. The van der Waals surface area contributed by atoms with Crippen molar-refractivity contribution in [2.24, 2.45) is 5.92 Å². The van der Waals surface area contributed by atoms with Crippen molar-refractivity contribution in [2.45, 2.75) is 19.0 Å². The third kappa shape index (κ3) is 5.20. The summed E-state index contributed by atoms with van der Waals surface area (Å²) in [6.45, 7) is 1.74. The molecule has 1 N–H and O–H groups in total. The Morgan fingerprint density at radius 1 is 1.24 bits per heavy atom. The Balaban J connectivity index is 1.58. The van der Waals surface area contributed by atoms with Gasteiger partial charge in [-0.1, -0.05) is 17.7 Å². The number of ether oxygens (including phenoxy) is 1. The maximum absolute atomic E-state index is 13.3. The van der Waals surface area contributed by atoms with Crippen molar-refractivity contribution in [1.82, 2.24) is 4.90 Å². The van der Waals surface area contributed by atoms with Crippen molar-refractivity contribution in [3.8, 4) is 17.1 Å². The molecule has 3 aromatic rings. The van der Waals surface area contributed by atoms with Crippen LogP contribution in [0.1, 0.15) is 18.4 Å². The molecule has 1 aromatic heterocycles. The van der Waals surface area contributed by atoms with Crippen LogP contribution in [0.25, 0.3) is 22.3 Å². The minimum atomic E-state index is -4.58. The molecule has 1 aliphatic rings. The molecule has 34 heavy (non-hydrogen) atoms. The maximum Gasteiger partial charge on any atom is 0.416 e. The zero-order valence-corrected chi connectivity index (χ0v) is 18.7. The highest BCUT2D eigenvalue weighted by atomic mass is 35.5. The fraction of sp³-hybridized carbons (Fsp3) is 0.333. The Hall–Kier alpha value is -3.04. The van der Waals surface area contributed by atoms with Crippen LogP contribution in [0.3, 0.4) is 0 Å². The maximum atomic E-state index is 13.3. The quantitative estimate of drug-likeness (QED) is 0.448. The van der Waals surface area contributed by atoms with Crippen LogP contribution in [0.4, 0.5) is 13.2 Å². The van der Waals surface area contributed by atoms with Gasteiger partial charge in [-0.15, -0.1) is 0 Å². The van der Waals surface area contributed by atoms with Gasteiger partial charge in [0.05, 0.1) is 34.1 Å². The smallest absolute Gasteiger partial charge is 0.416 e. The van der Waals surface area contributed by atoms with E-state index in [0.29, 0.717) is 32.5 Å². The van der Waals surface area contributed by atoms with Crippen LogP contribution in [0.5, 0.6) is 5.75 Å². The number of halogens is 4. The number of carbonyl (C=O) groups is 1. The third-order valence-electron chi connectivity index (χ3n) is 5.78. The van der Waals surface area contributed by atoms with Gasteiger partial charge in [0.2, 0.25) is 0 Å². The number of hydrogen-bond acceptors (Lipinski definition) is 5. The molecule has 0 radical (unpaired) electrons. The first-order chi connectivity index (χ1) is 16.1. The third-order valence-corrected chi connectivity index (χ3v) is 6.08. The molecule has 1 aliphatic heterocycles. The van der Waals surface area contributed by atoms with Crippen LogP contribution in [-0.4, -0.2) is 42.2 Å². The highest BCUT2D eigenvalue weighted by Gasteiger charge is 2.32. The molecule has 1 atom stereocenters. The standard InChI is InChI=1S/C24H21ClF3NO5/c25-18-4-1-3-16-19(30)12-21(34-22(16)18)17-6-5-15(24(26,27)28)11-20(17)33-10-2-8-29-9-7-14(13-29)23(31)32/h1,3-6,11-12,14H,2,7-10,13H2,(H,31,32)/t14-/m0/s1. The minimum Gasteiger partial charge on any atom is -0.493 e. The molecule has 0 spiro atoms. The summed E-state index contributed by atoms with van der Waals surface area (Å²) in [6, 6.07) is 8.88. The number of carboxylic acids is 1. The van der Waals surface area contributed by atoms with E-state index >= 15 is 0 Å². The topological polar surface area (TPSA) is 80.0 Å². The summed E-state index contributed by atoms with van der Waals surface area (Å²) in [5, 5.41) is 9.57. The fourth-order valence-electron chi connectivity index (χ4n) is 4.00. The van der Waals surface area contributed by atoms with Gasteiger partial charge in [0.1, 0.15) is 11.5 Å². The minimum absolute atomic E-state index is 0.0400. The van der Waals surface area contributed by atoms with Crippen molar-refractivity contribution < 1.29 is 32.2 Å². The van der Waals surface area contributed by atoms with Crippen molar-refractivity contribution in [1.29, 1.82) is 0 Å². The molecule has 0 saturated carbocycles. The Bertz CT molecular complexity index is 1270. The summed E-state index contributed by atoms with van der Waals surface area (Å²) >= 11 is 6.15. The molecule has 0 unspecified atom stereocenters. The lowest BCUT2D eigenvalue weighted by atomic mass is 10.1. The number of alkyl halides is 3. The molecular weight excluding hydrogens is 475 g/mol. The number of hydrogen-bond donors (Lipinski definition) is 1. The van der Waals surface area contributed by atoms with E-state index in [0.717, 1.165) is 12.1 Å². The Morgan fingerprint density at radius 3 is 2.74 bits per heavy atom. The van der Waals surface area contributed by atoms with Crippen LogP contribution in [0.15, 0.2) is 51.7 Å². The van der Waals surface area contributed by atoms with Gasteiger partial charge in [0.15, 0.2) is 11.0 Å². The summed E-state index contributed by atoms with van der Waals surface area (Å²) in [6.07, 6.45) is -3.53. The lowest BCUT2D eigenvalue weighted by Gasteiger charge is -2.17. The lowest BCUT2D eigenvalue weighted by Crippen LogP contribution is -2.25. The number of carboxylic acid groups (broad SMARTS) is 1. The van der Waals surface area contributed by atoms with Gasteiger partial charge in [-0.25, -0.2) is 0 Å². The van der Waals surface area contributed by atoms with Gasteiger partial charge >= 0.3 is 12.1 Å². The summed E-state index contributed by atoms with van der Waals surface area (Å²) < 4.78 is 51.5. The molecular formula is C24H21ClF3NO5. The van der Waals surface area contributed by atoms with Crippen molar-refractivity contribution >= 4 is 28.5 Å².